The minimum absolute atomic E-state index is 0.0444. The molecule has 1 aromatic rings. The normalized spacial score (nSPS) is 18.3. The van der Waals surface area contributed by atoms with Crippen LogP contribution in [0.15, 0.2) is 12.5 Å². The standard InChI is InChI=1S/C16H28N4O2/c1-15(2,3)22-14(21)20-8-6-16(4,7-9-20)18-11-13-10-17-12-19(13)5/h10,12,18H,6-9,11H2,1-5H3. The van der Waals surface area contributed by atoms with Crippen molar-refractivity contribution in [3.63, 3.8) is 0 Å². The Kier molecular flexibility index (Phi) is 4.80. The molecule has 1 amide bonds. The molecule has 0 unspecified atom stereocenters. The number of amides is 1. The lowest BCUT2D eigenvalue weighted by Gasteiger charge is -2.40. The highest BCUT2D eigenvalue weighted by atomic mass is 16.6. The quantitative estimate of drug-likeness (QED) is 0.931. The molecular formula is C16H28N4O2. The van der Waals surface area contributed by atoms with Crippen LogP contribution in [0.25, 0.3) is 0 Å². The van der Waals surface area contributed by atoms with E-state index in [9.17, 15) is 4.79 Å². The van der Waals surface area contributed by atoms with Crippen molar-refractivity contribution < 1.29 is 9.53 Å². The molecule has 0 saturated carbocycles. The first-order chi connectivity index (χ1) is 10.2. The number of piperidine rings is 1. The lowest BCUT2D eigenvalue weighted by atomic mass is 9.89. The molecule has 1 saturated heterocycles. The third kappa shape index (κ3) is 4.47. The van der Waals surface area contributed by atoms with Crippen LogP contribution in [0.5, 0.6) is 0 Å². The van der Waals surface area contributed by atoms with Crippen molar-refractivity contribution in [2.45, 2.75) is 58.2 Å². The molecule has 1 aliphatic rings. The number of likely N-dealkylation sites (tertiary alicyclic amines) is 1. The molecule has 1 aliphatic heterocycles. The van der Waals surface area contributed by atoms with Gasteiger partial charge < -0.3 is 19.5 Å². The summed E-state index contributed by atoms with van der Waals surface area (Å²) in [4.78, 5) is 18.0. The van der Waals surface area contributed by atoms with Crippen molar-refractivity contribution in [2.75, 3.05) is 13.1 Å². The molecule has 6 nitrogen and oxygen atoms in total. The average Bonchev–Trinajstić information content (AvgIpc) is 2.81. The third-order valence-electron chi connectivity index (χ3n) is 4.13. The minimum atomic E-state index is -0.435. The zero-order valence-corrected chi connectivity index (χ0v) is 14.3. The number of imidazole rings is 1. The number of carbonyl (C=O) groups is 1. The third-order valence-corrected chi connectivity index (χ3v) is 4.13. The highest BCUT2D eigenvalue weighted by molar-refractivity contribution is 5.68. The number of nitrogens with zero attached hydrogens (tertiary/aromatic N) is 3. The maximum absolute atomic E-state index is 12.1. The number of hydrogen-bond acceptors (Lipinski definition) is 4. The van der Waals surface area contributed by atoms with Crippen LogP contribution >= 0.6 is 0 Å². The Morgan fingerprint density at radius 2 is 2.05 bits per heavy atom. The minimum Gasteiger partial charge on any atom is -0.444 e. The zero-order chi connectivity index (χ0) is 16.4. The van der Waals surface area contributed by atoms with Crippen LogP contribution < -0.4 is 5.32 Å². The summed E-state index contributed by atoms with van der Waals surface area (Å²) in [7, 11) is 2.00. The van der Waals surface area contributed by atoms with Crippen LogP contribution in [-0.2, 0) is 18.3 Å². The first kappa shape index (κ1) is 16.8. The van der Waals surface area contributed by atoms with Crippen LogP contribution in [0, 0.1) is 0 Å². The molecule has 0 spiro atoms. The molecule has 22 heavy (non-hydrogen) atoms. The number of aromatic nitrogens is 2. The van der Waals surface area contributed by atoms with Gasteiger partial charge >= 0.3 is 6.09 Å². The Morgan fingerprint density at radius 3 is 2.55 bits per heavy atom. The zero-order valence-electron chi connectivity index (χ0n) is 14.3. The summed E-state index contributed by atoms with van der Waals surface area (Å²) < 4.78 is 7.45. The first-order valence-electron chi connectivity index (χ1n) is 7.87. The number of ether oxygens (including phenoxy) is 1. The van der Waals surface area contributed by atoms with Crippen molar-refractivity contribution in [2.24, 2.45) is 7.05 Å². The molecular weight excluding hydrogens is 280 g/mol. The topological polar surface area (TPSA) is 59.4 Å². The van der Waals surface area contributed by atoms with Crippen molar-refractivity contribution in [3.05, 3.63) is 18.2 Å². The van der Waals surface area contributed by atoms with Crippen LogP contribution in [-0.4, -0.2) is 44.8 Å². The molecule has 1 aromatic heterocycles. The summed E-state index contributed by atoms with van der Waals surface area (Å²) in [5.41, 5.74) is 0.772. The van der Waals surface area contributed by atoms with Crippen LogP contribution in [0.1, 0.15) is 46.2 Å². The highest BCUT2D eigenvalue weighted by Gasteiger charge is 2.33. The van der Waals surface area contributed by atoms with Crippen molar-refractivity contribution in [3.8, 4) is 0 Å². The van der Waals surface area contributed by atoms with E-state index in [1.807, 2.05) is 44.9 Å². The number of aryl methyl sites for hydroxylation is 1. The lowest BCUT2D eigenvalue weighted by Crippen LogP contribution is -2.53. The monoisotopic (exact) mass is 308 g/mol. The molecule has 1 fully saturated rings. The smallest absolute Gasteiger partial charge is 0.410 e. The van der Waals surface area contributed by atoms with E-state index in [1.165, 1.54) is 0 Å². The van der Waals surface area contributed by atoms with Gasteiger partial charge in [-0.15, -0.1) is 0 Å². The highest BCUT2D eigenvalue weighted by Crippen LogP contribution is 2.23. The van der Waals surface area contributed by atoms with E-state index in [1.54, 1.807) is 4.90 Å². The molecule has 0 aliphatic carbocycles. The largest absolute Gasteiger partial charge is 0.444 e. The summed E-state index contributed by atoms with van der Waals surface area (Å²) in [6, 6.07) is 0. The van der Waals surface area contributed by atoms with Crippen molar-refractivity contribution >= 4 is 6.09 Å². The van der Waals surface area contributed by atoms with Gasteiger partial charge in [-0.3, -0.25) is 0 Å². The predicted octanol–water partition coefficient (Wildman–Crippen LogP) is 2.30. The van der Waals surface area contributed by atoms with Gasteiger partial charge in [-0.2, -0.15) is 0 Å². The first-order valence-corrected chi connectivity index (χ1v) is 7.87. The molecule has 0 atom stereocenters. The number of hydrogen-bond donors (Lipinski definition) is 1. The summed E-state index contributed by atoms with van der Waals surface area (Å²) >= 11 is 0. The molecule has 1 N–H and O–H groups in total. The average molecular weight is 308 g/mol. The number of rotatable bonds is 3. The lowest BCUT2D eigenvalue weighted by molar-refractivity contribution is 0.0156. The second-order valence-electron chi connectivity index (χ2n) is 7.38. The molecule has 0 bridgehead atoms. The second kappa shape index (κ2) is 6.28. The van der Waals surface area contributed by atoms with Gasteiger partial charge in [0, 0.05) is 38.4 Å². The second-order valence-corrected chi connectivity index (χ2v) is 7.38. The van der Waals surface area contributed by atoms with E-state index in [-0.39, 0.29) is 11.6 Å². The van der Waals surface area contributed by atoms with Gasteiger partial charge in [-0.05, 0) is 40.5 Å². The van der Waals surface area contributed by atoms with Crippen LogP contribution in [0.3, 0.4) is 0 Å². The Hall–Kier alpha value is -1.56. The molecule has 0 aromatic carbocycles. The Morgan fingerprint density at radius 1 is 1.41 bits per heavy atom. The van der Waals surface area contributed by atoms with Gasteiger partial charge in [-0.1, -0.05) is 0 Å². The Balaban J connectivity index is 1.83. The van der Waals surface area contributed by atoms with Gasteiger partial charge in [0.15, 0.2) is 0 Å². The maximum Gasteiger partial charge on any atom is 0.410 e. The van der Waals surface area contributed by atoms with E-state index in [0.717, 1.165) is 38.2 Å². The molecule has 2 rings (SSSR count). The predicted molar refractivity (Wildman–Crippen MR) is 85.5 cm³/mol. The van der Waals surface area contributed by atoms with E-state index in [0.29, 0.717) is 0 Å². The Labute approximate surface area is 132 Å². The molecule has 0 radical (unpaired) electrons. The molecule has 124 valence electrons. The number of carbonyl (C=O) groups excluding carboxylic acids is 1. The fraction of sp³-hybridized carbons (Fsp3) is 0.750. The van der Waals surface area contributed by atoms with E-state index in [2.05, 4.69) is 17.2 Å². The number of nitrogens with one attached hydrogen (secondary N) is 1. The van der Waals surface area contributed by atoms with E-state index < -0.39 is 5.60 Å². The van der Waals surface area contributed by atoms with Gasteiger partial charge in [0.2, 0.25) is 0 Å². The van der Waals surface area contributed by atoms with Gasteiger partial charge in [0.25, 0.3) is 0 Å². The van der Waals surface area contributed by atoms with E-state index in [4.69, 9.17) is 4.74 Å². The summed E-state index contributed by atoms with van der Waals surface area (Å²) in [5, 5.41) is 3.61. The fourth-order valence-electron chi connectivity index (χ4n) is 2.54. The molecule has 6 heteroatoms. The fourth-order valence-corrected chi connectivity index (χ4v) is 2.54. The van der Waals surface area contributed by atoms with Crippen molar-refractivity contribution in [1.82, 2.24) is 19.8 Å². The summed E-state index contributed by atoms with van der Waals surface area (Å²) in [5.74, 6) is 0. The van der Waals surface area contributed by atoms with Crippen molar-refractivity contribution in [1.29, 1.82) is 0 Å². The summed E-state index contributed by atoms with van der Waals surface area (Å²) in [6.45, 7) is 10.2. The molecule has 2 heterocycles. The van der Waals surface area contributed by atoms with Crippen LogP contribution in [0.2, 0.25) is 0 Å². The summed E-state index contributed by atoms with van der Waals surface area (Å²) in [6.07, 6.45) is 5.33. The van der Waals surface area contributed by atoms with Gasteiger partial charge in [0.05, 0.1) is 12.0 Å². The van der Waals surface area contributed by atoms with Gasteiger partial charge in [-0.25, -0.2) is 9.78 Å². The SMILES string of the molecule is Cn1cncc1CNC1(C)CCN(C(=O)OC(C)(C)C)CC1. The maximum atomic E-state index is 12.1. The van der Waals surface area contributed by atoms with Crippen LogP contribution in [0.4, 0.5) is 4.79 Å². The Bertz CT molecular complexity index is 510. The van der Waals surface area contributed by atoms with Gasteiger partial charge in [0.1, 0.15) is 5.60 Å². The van der Waals surface area contributed by atoms with E-state index >= 15 is 0 Å².